The van der Waals surface area contributed by atoms with Crippen LogP contribution < -0.4 is 5.32 Å². The fourth-order valence-corrected chi connectivity index (χ4v) is 1.52. The SMILES string of the molecule is CC(C)(C)OC(=O)NCC(=O)CN1C(=O)CCC1=O. The zero-order valence-corrected chi connectivity index (χ0v) is 11.3. The number of nitrogens with zero attached hydrogens (tertiary/aromatic N) is 1. The van der Waals surface area contributed by atoms with E-state index in [9.17, 15) is 19.2 Å². The minimum Gasteiger partial charge on any atom is -0.444 e. The summed E-state index contributed by atoms with van der Waals surface area (Å²) in [6.45, 7) is 4.54. The molecule has 3 amide bonds. The van der Waals surface area contributed by atoms with Gasteiger partial charge in [0, 0.05) is 12.8 Å². The second-order valence-corrected chi connectivity index (χ2v) is 5.27. The molecule has 19 heavy (non-hydrogen) atoms. The van der Waals surface area contributed by atoms with Crippen LogP contribution in [0.15, 0.2) is 0 Å². The summed E-state index contributed by atoms with van der Waals surface area (Å²) in [4.78, 5) is 46.3. The number of carbonyl (C=O) groups is 4. The van der Waals surface area contributed by atoms with Gasteiger partial charge in [-0.3, -0.25) is 19.3 Å². The second kappa shape index (κ2) is 5.81. The van der Waals surface area contributed by atoms with Crippen LogP contribution in [0.2, 0.25) is 0 Å². The molecule has 0 aromatic rings. The molecule has 0 spiro atoms. The number of imide groups is 1. The number of ketones is 1. The Balaban J connectivity index is 2.34. The van der Waals surface area contributed by atoms with Gasteiger partial charge in [0.15, 0.2) is 5.78 Å². The predicted molar refractivity (Wildman–Crippen MR) is 65.2 cm³/mol. The van der Waals surface area contributed by atoms with Crippen molar-refractivity contribution in [3.8, 4) is 0 Å². The molecule has 0 saturated carbocycles. The predicted octanol–water partition coefficient (Wildman–Crippen LogP) is 0.229. The molecule has 0 radical (unpaired) electrons. The molecule has 0 aromatic carbocycles. The third kappa shape index (κ3) is 5.07. The molecule has 1 aliphatic rings. The van der Waals surface area contributed by atoms with Crippen molar-refractivity contribution in [2.75, 3.05) is 13.1 Å². The third-order valence-corrected chi connectivity index (χ3v) is 2.32. The van der Waals surface area contributed by atoms with Crippen molar-refractivity contribution in [3.63, 3.8) is 0 Å². The van der Waals surface area contributed by atoms with Crippen LogP contribution in [0.4, 0.5) is 4.79 Å². The van der Waals surface area contributed by atoms with E-state index < -0.39 is 17.5 Å². The average Bonchev–Trinajstić information content (AvgIpc) is 2.56. The van der Waals surface area contributed by atoms with E-state index in [1.807, 2.05) is 0 Å². The first-order valence-electron chi connectivity index (χ1n) is 6.01. The zero-order valence-electron chi connectivity index (χ0n) is 11.3. The molecule has 7 nitrogen and oxygen atoms in total. The molecule has 7 heteroatoms. The van der Waals surface area contributed by atoms with Gasteiger partial charge >= 0.3 is 6.09 Å². The maximum Gasteiger partial charge on any atom is 0.408 e. The number of ether oxygens (including phenoxy) is 1. The molecule has 1 fully saturated rings. The number of hydrogen-bond donors (Lipinski definition) is 1. The lowest BCUT2D eigenvalue weighted by atomic mass is 10.2. The largest absolute Gasteiger partial charge is 0.444 e. The molecule has 106 valence electrons. The molecular weight excluding hydrogens is 252 g/mol. The number of alkyl carbamates (subject to hydrolysis) is 1. The molecule has 1 heterocycles. The lowest BCUT2D eigenvalue weighted by molar-refractivity contribution is -0.141. The third-order valence-electron chi connectivity index (χ3n) is 2.32. The quantitative estimate of drug-likeness (QED) is 0.738. The summed E-state index contributed by atoms with van der Waals surface area (Å²) in [5, 5.41) is 2.28. The van der Waals surface area contributed by atoms with Gasteiger partial charge in [0.2, 0.25) is 11.8 Å². The minimum atomic E-state index is -0.708. The molecule has 1 saturated heterocycles. The molecule has 0 aromatic heterocycles. The van der Waals surface area contributed by atoms with Gasteiger partial charge in [0.05, 0.1) is 13.1 Å². The van der Waals surface area contributed by atoms with Crippen LogP contribution in [0.3, 0.4) is 0 Å². The van der Waals surface area contributed by atoms with Crippen molar-refractivity contribution in [2.45, 2.75) is 39.2 Å². The van der Waals surface area contributed by atoms with E-state index in [1.165, 1.54) is 0 Å². The van der Waals surface area contributed by atoms with Crippen LogP contribution in [0, 0.1) is 0 Å². The standard InChI is InChI=1S/C12H18N2O5/c1-12(2,3)19-11(18)13-6-8(15)7-14-9(16)4-5-10(14)17/h4-7H2,1-3H3,(H,13,18). The molecular formula is C12H18N2O5. The van der Waals surface area contributed by atoms with Gasteiger partial charge in [0.1, 0.15) is 5.60 Å². The molecule has 0 atom stereocenters. The zero-order chi connectivity index (χ0) is 14.6. The molecule has 1 aliphatic heterocycles. The van der Waals surface area contributed by atoms with Crippen LogP contribution in [-0.4, -0.2) is 47.3 Å². The van der Waals surface area contributed by atoms with E-state index in [4.69, 9.17) is 4.74 Å². The highest BCUT2D eigenvalue weighted by molar-refractivity contribution is 6.05. The smallest absolute Gasteiger partial charge is 0.408 e. The Labute approximate surface area is 111 Å². The lowest BCUT2D eigenvalue weighted by Gasteiger charge is -2.19. The lowest BCUT2D eigenvalue weighted by Crippen LogP contribution is -2.41. The van der Waals surface area contributed by atoms with E-state index in [-0.39, 0.29) is 37.7 Å². The summed E-state index contributed by atoms with van der Waals surface area (Å²) >= 11 is 0. The topological polar surface area (TPSA) is 92.8 Å². The normalized spacial score (nSPS) is 15.6. The minimum absolute atomic E-state index is 0.144. The van der Waals surface area contributed by atoms with E-state index in [2.05, 4.69) is 5.32 Å². The average molecular weight is 270 g/mol. The maximum absolute atomic E-state index is 11.5. The van der Waals surface area contributed by atoms with Gasteiger partial charge in [-0.05, 0) is 20.8 Å². The first kappa shape index (κ1) is 15.1. The number of rotatable bonds is 4. The summed E-state index contributed by atoms with van der Waals surface area (Å²) in [5.41, 5.74) is -0.645. The number of hydrogen-bond acceptors (Lipinski definition) is 5. The number of likely N-dealkylation sites (tertiary alicyclic amines) is 1. The summed E-state index contributed by atoms with van der Waals surface area (Å²) in [6.07, 6.45) is -0.419. The molecule has 1 N–H and O–H groups in total. The Hall–Kier alpha value is -1.92. The van der Waals surface area contributed by atoms with Crippen molar-refractivity contribution < 1.29 is 23.9 Å². The van der Waals surface area contributed by atoms with Gasteiger partial charge in [-0.15, -0.1) is 0 Å². The second-order valence-electron chi connectivity index (χ2n) is 5.27. The van der Waals surface area contributed by atoms with Crippen LogP contribution in [0.25, 0.3) is 0 Å². The fraction of sp³-hybridized carbons (Fsp3) is 0.667. The maximum atomic E-state index is 11.5. The summed E-state index contributed by atoms with van der Waals surface area (Å²) in [7, 11) is 0. The number of amides is 3. The Morgan fingerprint density at radius 3 is 2.21 bits per heavy atom. The Morgan fingerprint density at radius 2 is 1.74 bits per heavy atom. The molecule has 1 rings (SSSR count). The number of nitrogens with one attached hydrogen (secondary N) is 1. The number of carbonyl (C=O) groups excluding carboxylic acids is 4. The van der Waals surface area contributed by atoms with E-state index >= 15 is 0 Å². The van der Waals surface area contributed by atoms with Gasteiger partial charge in [-0.2, -0.15) is 0 Å². The fourth-order valence-electron chi connectivity index (χ4n) is 1.52. The monoisotopic (exact) mass is 270 g/mol. The summed E-state index contributed by atoms with van der Waals surface area (Å²) in [5.74, 6) is -1.12. The van der Waals surface area contributed by atoms with E-state index in [0.717, 1.165) is 4.90 Å². The number of Topliss-reactive ketones (excluding diaryl/α,β-unsaturated/α-hetero) is 1. The van der Waals surface area contributed by atoms with Crippen LogP contribution in [0.1, 0.15) is 33.6 Å². The van der Waals surface area contributed by atoms with Gasteiger partial charge in [-0.25, -0.2) is 4.79 Å². The van der Waals surface area contributed by atoms with Gasteiger partial charge < -0.3 is 10.1 Å². The van der Waals surface area contributed by atoms with Crippen molar-refractivity contribution in [1.82, 2.24) is 10.2 Å². The van der Waals surface area contributed by atoms with Gasteiger partial charge in [-0.1, -0.05) is 0 Å². The van der Waals surface area contributed by atoms with Crippen LogP contribution >= 0.6 is 0 Å². The van der Waals surface area contributed by atoms with Crippen molar-refractivity contribution in [3.05, 3.63) is 0 Å². The summed E-state index contributed by atoms with van der Waals surface area (Å²) < 4.78 is 4.95. The molecule has 0 aliphatic carbocycles. The van der Waals surface area contributed by atoms with Crippen LogP contribution in [0.5, 0.6) is 0 Å². The van der Waals surface area contributed by atoms with E-state index in [1.54, 1.807) is 20.8 Å². The van der Waals surface area contributed by atoms with Crippen molar-refractivity contribution in [1.29, 1.82) is 0 Å². The Kier molecular flexibility index (Phi) is 4.63. The summed E-state index contributed by atoms with van der Waals surface area (Å²) in [6, 6.07) is 0. The van der Waals surface area contributed by atoms with Gasteiger partial charge in [0.25, 0.3) is 0 Å². The van der Waals surface area contributed by atoms with E-state index in [0.29, 0.717) is 0 Å². The highest BCUT2D eigenvalue weighted by Gasteiger charge is 2.30. The first-order chi connectivity index (χ1) is 8.69. The van der Waals surface area contributed by atoms with Crippen molar-refractivity contribution >= 4 is 23.7 Å². The molecule has 0 bridgehead atoms. The van der Waals surface area contributed by atoms with Crippen LogP contribution in [-0.2, 0) is 19.1 Å². The first-order valence-corrected chi connectivity index (χ1v) is 6.01. The Morgan fingerprint density at radius 1 is 1.21 bits per heavy atom. The Bertz CT molecular complexity index is 395. The highest BCUT2D eigenvalue weighted by Crippen LogP contribution is 2.11. The highest BCUT2D eigenvalue weighted by atomic mass is 16.6. The molecule has 0 unspecified atom stereocenters. The van der Waals surface area contributed by atoms with Crippen molar-refractivity contribution in [2.24, 2.45) is 0 Å².